The highest BCUT2D eigenvalue weighted by Crippen LogP contribution is 2.31. The lowest BCUT2D eigenvalue weighted by atomic mass is 10.0. The number of halogens is 3. The standard InChI is InChI=1S/C12H7F3O2/c13-7-3-10(12(15)11(14)4-7)6-1-8(16)5-9(17)2-6/h1-5,16-17H. The van der Waals surface area contributed by atoms with E-state index in [9.17, 15) is 23.4 Å². The van der Waals surface area contributed by atoms with Gasteiger partial charge in [-0.05, 0) is 23.8 Å². The predicted octanol–water partition coefficient (Wildman–Crippen LogP) is 3.18. The Morgan fingerprint density at radius 2 is 1.35 bits per heavy atom. The van der Waals surface area contributed by atoms with Crippen molar-refractivity contribution in [1.29, 1.82) is 0 Å². The lowest BCUT2D eigenvalue weighted by Crippen LogP contribution is -1.92. The summed E-state index contributed by atoms with van der Waals surface area (Å²) in [6.07, 6.45) is 0. The quantitative estimate of drug-likeness (QED) is 0.751. The topological polar surface area (TPSA) is 40.5 Å². The van der Waals surface area contributed by atoms with E-state index >= 15 is 0 Å². The van der Waals surface area contributed by atoms with Crippen LogP contribution in [-0.2, 0) is 0 Å². The molecule has 5 heteroatoms. The molecule has 0 radical (unpaired) electrons. The summed E-state index contributed by atoms with van der Waals surface area (Å²) in [5.74, 6) is -4.17. The van der Waals surface area contributed by atoms with Gasteiger partial charge in [0.15, 0.2) is 11.6 Å². The number of benzene rings is 2. The number of hydrogen-bond acceptors (Lipinski definition) is 2. The summed E-state index contributed by atoms with van der Waals surface area (Å²) < 4.78 is 39.4. The van der Waals surface area contributed by atoms with Gasteiger partial charge in [-0.25, -0.2) is 13.2 Å². The average molecular weight is 240 g/mol. The predicted molar refractivity (Wildman–Crippen MR) is 55.1 cm³/mol. The summed E-state index contributed by atoms with van der Waals surface area (Å²) in [6, 6.07) is 4.42. The molecule has 0 saturated heterocycles. The highest BCUT2D eigenvalue weighted by molar-refractivity contribution is 5.67. The fraction of sp³-hybridized carbons (Fsp3) is 0. The largest absolute Gasteiger partial charge is 0.508 e. The van der Waals surface area contributed by atoms with Crippen molar-refractivity contribution >= 4 is 0 Å². The monoisotopic (exact) mass is 240 g/mol. The van der Waals surface area contributed by atoms with E-state index in [-0.39, 0.29) is 22.6 Å². The Morgan fingerprint density at radius 1 is 0.765 bits per heavy atom. The van der Waals surface area contributed by atoms with Gasteiger partial charge in [0.05, 0.1) is 0 Å². The fourth-order valence-electron chi connectivity index (χ4n) is 1.52. The van der Waals surface area contributed by atoms with Crippen LogP contribution in [0.5, 0.6) is 11.5 Å². The first-order valence-electron chi connectivity index (χ1n) is 4.65. The van der Waals surface area contributed by atoms with Gasteiger partial charge in [0.25, 0.3) is 0 Å². The van der Waals surface area contributed by atoms with Gasteiger partial charge < -0.3 is 10.2 Å². The Balaban J connectivity index is 2.67. The molecule has 88 valence electrons. The Kier molecular flexibility index (Phi) is 2.67. The molecule has 0 heterocycles. The molecular weight excluding hydrogens is 233 g/mol. The summed E-state index contributed by atoms with van der Waals surface area (Å²) in [5.41, 5.74) is -0.382. The van der Waals surface area contributed by atoms with E-state index in [1.54, 1.807) is 0 Å². The van der Waals surface area contributed by atoms with Crippen LogP contribution in [0.4, 0.5) is 13.2 Å². The molecule has 0 atom stereocenters. The van der Waals surface area contributed by atoms with Crippen LogP contribution in [-0.4, -0.2) is 10.2 Å². The van der Waals surface area contributed by atoms with Gasteiger partial charge in [-0.3, -0.25) is 0 Å². The van der Waals surface area contributed by atoms with Gasteiger partial charge in [0.2, 0.25) is 0 Å². The number of phenols is 2. The van der Waals surface area contributed by atoms with E-state index in [1.807, 2.05) is 0 Å². The van der Waals surface area contributed by atoms with E-state index in [1.165, 1.54) is 0 Å². The van der Waals surface area contributed by atoms with Crippen molar-refractivity contribution in [1.82, 2.24) is 0 Å². The molecule has 0 aromatic heterocycles. The molecule has 0 amide bonds. The molecule has 0 aliphatic carbocycles. The van der Waals surface area contributed by atoms with Crippen molar-refractivity contribution in [2.45, 2.75) is 0 Å². The Morgan fingerprint density at radius 3 is 1.94 bits per heavy atom. The van der Waals surface area contributed by atoms with Crippen molar-refractivity contribution in [2.24, 2.45) is 0 Å². The van der Waals surface area contributed by atoms with Crippen molar-refractivity contribution < 1.29 is 23.4 Å². The van der Waals surface area contributed by atoms with Gasteiger partial charge in [-0.15, -0.1) is 0 Å². The Labute approximate surface area is 94.6 Å². The average Bonchev–Trinajstić information content (AvgIpc) is 2.22. The fourth-order valence-corrected chi connectivity index (χ4v) is 1.52. The van der Waals surface area contributed by atoms with Crippen LogP contribution < -0.4 is 0 Å². The molecule has 2 N–H and O–H groups in total. The normalized spacial score (nSPS) is 10.5. The second-order valence-corrected chi connectivity index (χ2v) is 3.49. The Hall–Kier alpha value is -2.17. The first kappa shape index (κ1) is 11.3. The van der Waals surface area contributed by atoms with Gasteiger partial charge >= 0.3 is 0 Å². The molecule has 0 unspecified atom stereocenters. The zero-order valence-corrected chi connectivity index (χ0v) is 8.42. The Bertz CT molecular complexity index is 562. The van der Waals surface area contributed by atoms with Crippen molar-refractivity contribution in [3.8, 4) is 22.6 Å². The van der Waals surface area contributed by atoms with E-state index in [2.05, 4.69) is 0 Å². The van der Waals surface area contributed by atoms with Gasteiger partial charge in [0.1, 0.15) is 17.3 Å². The van der Waals surface area contributed by atoms with E-state index in [0.29, 0.717) is 6.07 Å². The molecule has 0 aliphatic rings. The second-order valence-electron chi connectivity index (χ2n) is 3.49. The first-order valence-corrected chi connectivity index (χ1v) is 4.65. The molecule has 17 heavy (non-hydrogen) atoms. The maximum atomic E-state index is 13.4. The van der Waals surface area contributed by atoms with Crippen molar-refractivity contribution in [3.63, 3.8) is 0 Å². The van der Waals surface area contributed by atoms with Crippen molar-refractivity contribution in [2.75, 3.05) is 0 Å². The first-order chi connectivity index (χ1) is 7.97. The zero-order valence-electron chi connectivity index (χ0n) is 8.42. The SMILES string of the molecule is Oc1cc(O)cc(-c2cc(F)cc(F)c2F)c1. The minimum absolute atomic E-state index is 0.0154. The summed E-state index contributed by atoms with van der Waals surface area (Å²) in [7, 11) is 0. The molecule has 0 saturated carbocycles. The van der Waals surface area contributed by atoms with Crippen LogP contribution in [0.15, 0.2) is 30.3 Å². The van der Waals surface area contributed by atoms with E-state index in [4.69, 9.17) is 0 Å². The molecule has 2 aromatic rings. The van der Waals surface area contributed by atoms with E-state index in [0.717, 1.165) is 24.3 Å². The van der Waals surface area contributed by atoms with Crippen LogP contribution in [0, 0.1) is 17.5 Å². The molecule has 2 rings (SSSR count). The molecule has 0 aliphatic heterocycles. The van der Waals surface area contributed by atoms with Crippen molar-refractivity contribution in [3.05, 3.63) is 47.8 Å². The third kappa shape index (κ3) is 2.18. The third-order valence-corrected chi connectivity index (χ3v) is 2.21. The van der Waals surface area contributed by atoms with Gasteiger partial charge in [0, 0.05) is 17.7 Å². The van der Waals surface area contributed by atoms with Crippen LogP contribution in [0.3, 0.4) is 0 Å². The molecule has 0 bridgehead atoms. The highest BCUT2D eigenvalue weighted by Gasteiger charge is 2.13. The van der Waals surface area contributed by atoms with Crippen LogP contribution in [0.1, 0.15) is 0 Å². The molecule has 0 fully saturated rings. The van der Waals surface area contributed by atoms with Crippen LogP contribution in [0.2, 0.25) is 0 Å². The number of phenolic OH excluding ortho intramolecular Hbond substituents is 2. The molecular formula is C12H7F3O2. The van der Waals surface area contributed by atoms with Crippen LogP contribution >= 0.6 is 0 Å². The summed E-state index contributed by atoms with van der Waals surface area (Å²) in [5, 5.41) is 18.4. The van der Waals surface area contributed by atoms with Gasteiger partial charge in [-0.2, -0.15) is 0 Å². The number of aromatic hydroxyl groups is 2. The minimum atomic E-state index is -1.33. The third-order valence-electron chi connectivity index (χ3n) is 2.21. The minimum Gasteiger partial charge on any atom is -0.508 e. The highest BCUT2D eigenvalue weighted by atomic mass is 19.2. The maximum absolute atomic E-state index is 13.4. The number of hydrogen-bond donors (Lipinski definition) is 2. The second kappa shape index (κ2) is 4.01. The molecule has 0 spiro atoms. The molecule has 2 nitrogen and oxygen atoms in total. The summed E-state index contributed by atoms with van der Waals surface area (Å²) in [6.45, 7) is 0. The van der Waals surface area contributed by atoms with Gasteiger partial charge in [-0.1, -0.05) is 0 Å². The van der Waals surface area contributed by atoms with Crippen LogP contribution in [0.25, 0.3) is 11.1 Å². The summed E-state index contributed by atoms with van der Waals surface area (Å²) in [4.78, 5) is 0. The maximum Gasteiger partial charge on any atom is 0.166 e. The number of rotatable bonds is 1. The lowest BCUT2D eigenvalue weighted by Gasteiger charge is -2.06. The molecule has 2 aromatic carbocycles. The summed E-state index contributed by atoms with van der Waals surface area (Å²) >= 11 is 0. The van der Waals surface area contributed by atoms with E-state index < -0.39 is 17.5 Å². The lowest BCUT2D eigenvalue weighted by molar-refractivity contribution is 0.450. The smallest absolute Gasteiger partial charge is 0.166 e. The zero-order chi connectivity index (χ0) is 12.6.